The van der Waals surface area contributed by atoms with Crippen LogP contribution in [0.3, 0.4) is 0 Å². The van der Waals surface area contributed by atoms with Crippen molar-refractivity contribution in [2.24, 2.45) is 0 Å². The Kier molecular flexibility index (Phi) is 8.18. The third-order valence-corrected chi connectivity index (χ3v) is 5.79. The molecule has 0 bridgehead atoms. The molecule has 15 heteroatoms. The van der Waals surface area contributed by atoms with E-state index in [2.05, 4.69) is 20.5 Å². The van der Waals surface area contributed by atoms with Crippen LogP contribution in [0.25, 0.3) is 17.1 Å². The van der Waals surface area contributed by atoms with Gasteiger partial charge in [0.2, 0.25) is 0 Å². The Morgan fingerprint density at radius 3 is 2.46 bits per heavy atom. The zero-order valence-electron chi connectivity index (χ0n) is 20.4. The molecule has 0 spiro atoms. The minimum absolute atomic E-state index is 0.0420. The molecule has 0 aliphatic carbocycles. The summed E-state index contributed by atoms with van der Waals surface area (Å²) in [7, 11) is 0. The highest BCUT2D eigenvalue weighted by atomic mass is 35.5. The lowest BCUT2D eigenvalue weighted by Crippen LogP contribution is -2.37. The number of carbonyl (C=O) groups excluding carboxylic acids is 1. The number of aromatic nitrogens is 6. The van der Waals surface area contributed by atoms with Crippen LogP contribution in [-0.4, -0.2) is 70.2 Å². The number of alkyl halides is 3. The van der Waals surface area contributed by atoms with Crippen molar-refractivity contribution in [3.63, 3.8) is 0 Å². The van der Waals surface area contributed by atoms with E-state index in [4.69, 9.17) is 11.6 Å². The fourth-order valence-electron chi connectivity index (χ4n) is 3.62. The van der Waals surface area contributed by atoms with Crippen LogP contribution in [0.2, 0.25) is 5.02 Å². The normalized spacial score (nSPS) is 13.3. The number of para-hydroxylation sites is 1. The Morgan fingerprint density at radius 2 is 1.79 bits per heavy atom. The molecule has 2 aromatic heterocycles. The number of aliphatic hydroxyl groups excluding tert-OH is 2. The van der Waals surface area contributed by atoms with E-state index >= 15 is 0 Å². The molecule has 2 aromatic carbocycles. The predicted octanol–water partition coefficient (Wildman–Crippen LogP) is 2.03. The zero-order chi connectivity index (χ0) is 28.3. The van der Waals surface area contributed by atoms with Gasteiger partial charge in [-0.3, -0.25) is 9.36 Å². The maximum atomic E-state index is 13.1. The van der Waals surface area contributed by atoms with E-state index in [1.807, 2.05) is 0 Å². The van der Waals surface area contributed by atoms with E-state index < -0.39 is 36.5 Å². The molecule has 206 valence electrons. The monoisotopic (exact) mass is 565 g/mol. The molecule has 3 N–H and O–H groups in total. The summed E-state index contributed by atoms with van der Waals surface area (Å²) >= 11 is 5.90. The van der Waals surface area contributed by atoms with Gasteiger partial charge >= 0.3 is 11.9 Å². The highest BCUT2D eigenvalue weighted by Crippen LogP contribution is 2.24. The Hall–Kier alpha value is -4.01. The van der Waals surface area contributed by atoms with Crippen molar-refractivity contribution in [2.75, 3.05) is 6.54 Å². The number of rotatable bonds is 9. The van der Waals surface area contributed by atoms with Crippen molar-refractivity contribution in [1.29, 1.82) is 0 Å². The van der Waals surface area contributed by atoms with Gasteiger partial charge in [0, 0.05) is 17.1 Å². The van der Waals surface area contributed by atoms with Crippen LogP contribution < -0.4 is 11.0 Å². The average molecular weight is 566 g/mol. The molecule has 0 aliphatic heterocycles. The number of amides is 1. The van der Waals surface area contributed by atoms with Gasteiger partial charge in [-0.05, 0) is 43.3 Å². The van der Waals surface area contributed by atoms with E-state index in [0.717, 1.165) is 9.25 Å². The van der Waals surface area contributed by atoms with Crippen molar-refractivity contribution in [3.8, 4) is 17.1 Å². The number of nitrogens with one attached hydrogen (secondary N) is 1. The maximum absolute atomic E-state index is 13.1. The molecule has 0 radical (unpaired) electrons. The average Bonchev–Trinajstić information content (AvgIpc) is 3.47. The van der Waals surface area contributed by atoms with Crippen LogP contribution in [0.4, 0.5) is 13.2 Å². The van der Waals surface area contributed by atoms with Gasteiger partial charge in [-0.2, -0.15) is 13.2 Å². The molecule has 39 heavy (non-hydrogen) atoms. The van der Waals surface area contributed by atoms with Gasteiger partial charge in [0.15, 0.2) is 17.8 Å². The van der Waals surface area contributed by atoms with E-state index in [1.165, 1.54) is 42.2 Å². The highest BCUT2D eigenvalue weighted by Gasteiger charge is 2.39. The second kappa shape index (κ2) is 11.4. The summed E-state index contributed by atoms with van der Waals surface area (Å²) in [5.74, 6) is -0.478. The van der Waals surface area contributed by atoms with Crippen LogP contribution in [0, 0.1) is 0 Å². The van der Waals surface area contributed by atoms with E-state index in [-0.39, 0.29) is 30.3 Å². The molecular weight excluding hydrogens is 543 g/mol. The summed E-state index contributed by atoms with van der Waals surface area (Å²) < 4.78 is 42.1. The number of hydrogen-bond acceptors (Lipinski definition) is 7. The second-order valence-corrected chi connectivity index (χ2v) is 9.06. The third-order valence-electron chi connectivity index (χ3n) is 5.54. The Bertz CT molecular complexity index is 1510. The quantitative estimate of drug-likeness (QED) is 0.282. The van der Waals surface area contributed by atoms with Gasteiger partial charge in [0.05, 0.1) is 23.9 Å². The summed E-state index contributed by atoms with van der Waals surface area (Å²) in [5.41, 5.74) is 0.00679. The lowest BCUT2D eigenvalue weighted by Gasteiger charge is -2.15. The lowest BCUT2D eigenvalue weighted by atomic mass is 10.1. The maximum Gasteiger partial charge on any atom is 0.416 e. The molecule has 4 rings (SSSR count). The van der Waals surface area contributed by atoms with Gasteiger partial charge in [-0.15, -0.1) is 10.2 Å². The van der Waals surface area contributed by atoms with Gasteiger partial charge in [0.25, 0.3) is 5.91 Å². The Balaban J connectivity index is 1.66. The van der Waals surface area contributed by atoms with Gasteiger partial charge in [-0.25, -0.2) is 19.1 Å². The van der Waals surface area contributed by atoms with Crippen molar-refractivity contribution in [1.82, 2.24) is 34.4 Å². The number of hydrogen-bond donors (Lipinski definition) is 3. The van der Waals surface area contributed by atoms with Crippen LogP contribution in [-0.2, 0) is 13.1 Å². The van der Waals surface area contributed by atoms with Crippen molar-refractivity contribution >= 4 is 17.5 Å². The summed E-state index contributed by atoms with van der Waals surface area (Å²) in [6.07, 6.45) is -7.18. The number of carbonyl (C=O) groups is 1. The van der Waals surface area contributed by atoms with Crippen LogP contribution in [0.15, 0.2) is 59.7 Å². The molecule has 0 aliphatic rings. The van der Waals surface area contributed by atoms with E-state index in [1.54, 1.807) is 24.3 Å². The number of halogens is 4. The van der Waals surface area contributed by atoms with Gasteiger partial charge in [-0.1, -0.05) is 23.7 Å². The largest absolute Gasteiger partial charge is 0.416 e. The number of benzene rings is 2. The molecule has 4 aromatic rings. The third kappa shape index (κ3) is 6.53. The molecule has 11 nitrogen and oxygen atoms in total. The first-order valence-electron chi connectivity index (χ1n) is 11.6. The summed E-state index contributed by atoms with van der Waals surface area (Å²) in [5, 5.41) is 30.5. The standard InChI is InChI=1S/C24H23ClF3N7O4/c1-14(36)10-29-22(38)17-4-2-3-5-18(17)35-13-30-20(31-35)12-34-23(39)33(11-19(37)24(26,27)28)21(32-34)15-6-8-16(25)9-7-15/h2-9,13-14,19,36-37H,10-12H2,1H3,(H,29,38)/t14?,19-/m0/s1. The molecule has 0 fully saturated rings. The fourth-order valence-corrected chi connectivity index (χ4v) is 3.74. The topological polar surface area (TPSA) is 140 Å². The number of aliphatic hydroxyl groups is 2. The molecule has 1 unspecified atom stereocenters. The Morgan fingerprint density at radius 1 is 1.10 bits per heavy atom. The minimum atomic E-state index is -4.95. The van der Waals surface area contributed by atoms with Crippen molar-refractivity contribution in [2.45, 2.75) is 38.4 Å². The number of nitrogens with zero attached hydrogens (tertiary/aromatic N) is 6. The molecule has 2 heterocycles. The Labute approximate surface area is 224 Å². The van der Waals surface area contributed by atoms with Crippen molar-refractivity contribution < 1.29 is 28.2 Å². The molecule has 0 saturated heterocycles. The van der Waals surface area contributed by atoms with Crippen LogP contribution in [0.1, 0.15) is 23.1 Å². The predicted molar refractivity (Wildman–Crippen MR) is 133 cm³/mol. The molecule has 0 saturated carbocycles. The second-order valence-electron chi connectivity index (χ2n) is 8.62. The van der Waals surface area contributed by atoms with E-state index in [9.17, 15) is 33.0 Å². The molecule has 1 amide bonds. The fraction of sp³-hybridized carbons (Fsp3) is 0.292. The zero-order valence-corrected chi connectivity index (χ0v) is 21.1. The van der Waals surface area contributed by atoms with Gasteiger partial charge < -0.3 is 15.5 Å². The van der Waals surface area contributed by atoms with E-state index in [0.29, 0.717) is 16.3 Å². The first kappa shape index (κ1) is 28.0. The first-order chi connectivity index (χ1) is 18.4. The summed E-state index contributed by atoms with van der Waals surface area (Å²) in [6, 6.07) is 12.5. The van der Waals surface area contributed by atoms with Crippen LogP contribution >= 0.6 is 11.6 Å². The summed E-state index contributed by atoms with van der Waals surface area (Å²) in [4.78, 5) is 29.8. The lowest BCUT2D eigenvalue weighted by molar-refractivity contribution is -0.207. The summed E-state index contributed by atoms with van der Waals surface area (Å²) in [6.45, 7) is 0.191. The first-order valence-corrected chi connectivity index (χ1v) is 12.0. The van der Waals surface area contributed by atoms with Gasteiger partial charge in [0.1, 0.15) is 12.9 Å². The highest BCUT2D eigenvalue weighted by molar-refractivity contribution is 6.30. The molecular formula is C24H23ClF3N7O4. The van der Waals surface area contributed by atoms with Crippen LogP contribution in [0.5, 0.6) is 0 Å². The minimum Gasteiger partial charge on any atom is -0.392 e. The molecule has 2 atom stereocenters. The SMILES string of the molecule is CC(O)CNC(=O)c1ccccc1-n1cnc(Cn2nc(-c3ccc(Cl)cc3)n(C[C@H](O)C(F)(F)F)c2=O)n1. The smallest absolute Gasteiger partial charge is 0.392 e. The van der Waals surface area contributed by atoms with Crippen molar-refractivity contribution in [3.05, 3.63) is 81.8 Å².